The molecule has 1 saturated heterocycles. The lowest BCUT2D eigenvalue weighted by atomic mass is 9.84. The Bertz CT molecular complexity index is 563. The summed E-state index contributed by atoms with van der Waals surface area (Å²) in [7, 11) is 1.65. The third kappa shape index (κ3) is 3.01. The Morgan fingerprint density at radius 1 is 1.41 bits per heavy atom. The van der Waals surface area contributed by atoms with E-state index in [1.165, 1.54) is 19.3 Å². The summed E-state index contributed by atoms with van der Waals surface area (Å²) >= 11 is 3.58. The fourth-order valence-corrected chi connectivity index (χ4v) is 4.39. The standard InChI is InChI=1S/C17H22BrNO3/c1-22-13-6-7-14(18)12(8-13)10-19-15-5-3-2-4-11(15)9-16(19)17(20)21/h6-8,11,15-16H,2-5,9-10H2,1H3,(H,20,21). The molecule has 0 spiro atoms. The van der Waals surface area contributed by atoms with E-state index in [0.29, 0.717) is 18.5 Å². The van der Waals surface area contributed by atoms with Crippen LogP contribution in [0.2, 0.25) is 0 Å². The van der Waals surface area contributed by atoms with Gasteiger partial charge in [0.15, 0.2) is 0 Å². The number of carboxylic acid groups (broad SMARTS) is 1. The van der Waals surface area contributed by atoms with Gasteiger partial charge >= 0.3 is 5.97 Å². The van der Waals surface area contributed by atoms with Crippen molar-refractivity contribution in [3.8, 4) is 5.75 Å². The minimum atomic E-state index is -0.687. The number of fused-ring (bicyclic) bond motifs is 1. The van der Waals surface area contributed by atoms with Crippen molar-refractivity contribution >= 4 is 21.9 Å². The molecule has 2 fully saturated rings. The fraction of sp³-hybridized carbons (Fsp3) is 0.588. The SMILES string of the molecule is COc1ccc(Br)c(CN2C(C(=O)O)CC3CCCCC32)c1. The Morgan fingerprint density at radius 3 is 2.91 bits per heavy atom. The van der Waals surface area contributed by atoms with Crippen LogP contribution < -0.4 is 4.74 Å². The monoisotopic (exact) mass is 367 g/mol. The van der Waals surface area contributed by atoms with Gasteiger partial charge in [-0.25, -0.2) is 0 Å². The number of rotatable bonds is 4. The van der Waals surface area contributed by atoms with Crippen molar-refractivity contribution in [3.63, 3.8) is 0 Å². The van der Waals surface area contributed by atoms with Crippen molar-refractivity contribution in [2.75, 3.05) is 7.11 Å². The average Bonchev–Trinajstić information content (AvgIpc) is 2.88. The molecule has 0 aromatic heterocycles. The molecule has 120 valence electrons. The van der Waals surface area contributed by atoms with Crippen LogP contribution in [-0.4, -0.2) is 35.2 Å². The van der Waals surface area contributed by atoms with Crippen LogP contribution >= 0.6 is 15.9 Å². The lowest BCUT2D eigenvalue weighted by Crippen LogP contribution is -2.41. The molecule has 3 unspecified atom stereocenters. The summed E-state index contributed by atoms with van der Waals surface area (Å²) in [6.07, 6.45) is 5.54. The van der Waals surface area contributed by atoms with Crippen molar-refractivity contribution < 1.29 is 14.6 Å². The van der Waals surface area contributed by atoms with Gasteiger partial charge in [0.05, 0.1) is 7.11 Å². The van der Waals surface area contributed by atoms with Crippen molar-refractivity contribution in [1.29, 1.82) is 0 Å². The summed E-state index contributed by atoms with van der Waals surface area (Å²) < 4.78 is 6.31. The van der Waals surface area contributed by atoms with E-state index in [2.05, 4.69) is 20.8 Å². The molecule has 1 N–H and O–H groups in total. The summed E-state index contributed by atoms with van der Waals surface area (Å²) in [5.41, 5.74) is 1.09. The average molecular weight is 368 g/mol. The Hall–Kier alpha value is -1.07. The Kier molecular flexibility index (Phi) is 4.73. The smallest absolute Gasteiger partial charge is 0.320 e. The van der Waals surface area contributed by atoms with E-state index in [9.17, 15) is 9.90 Å². The van der Waals surface area contributed by atoms with Crippen LogP contribution in [0.5, 0.6) is 5.75 Å². The van der Waals surface area contributed by atoms with Gasteiger partial charge in [0, 0.05) is 17.1 Å². The van der Waals surface area contributed by atoms with Gasteiger partial charge in [0.1, 0.15) is 11.8 Å². The summed E-state index contributed by atoms with van der Waals surface area (Å²) in [5.74, 6) is 0.664. The van der Waals surface area contributed by atoms with Gasteiger partial charge in [-0.15, -0.1) is 0 Å². The third-order valence-corrected chi connectivity index (χ3v) is 5.89. The molecule has 1 aliphatic carbocycles. The number of hydrogen-bond donors (Lipinski definition) is 1. The lowest BCUT2D eigenvalue weighted by Gasteiger charge is -2.33. The summed E-state index contributed by atoms with van der Waals surface area (Å²) in [6, 6.07) is 5.94. The van der Waals surface area contributed by atoms with E-state index < -0.39 is 5.97 Å². The first-order chi connectivity index (χ1) is 10.6. The molecule has 2 aliphatic rings. The Morgan fingerprint density at radius 2 is 2.18 bits per heavy atom. The highest BCUT2D eigenvalue weighted by molar-refractivity contribution is 9.10. The van der Waals surface area contributed by atoms with Gasteiger partial charge in [-0.2, -0.15) is 0 Å². The number of carbonyl (C=O) groups is 1. The van der Waals surface area contributed by atoms with Gasteiger partial charge in [0.25, 0.3) is 0 Å². The molecule has 1 aromatic rings. The van der Waals surface area contributed by atoms with Gasteiger partial charge in [-0.1, -0.05) is 28.8 Å². The minimum Gasteiger partial charge on any atom is -0.497 e. The normalized spacial score (nSPS) is 28.4. The molecule has 1 heterocycles. The molecule has 5 heteroatoms. The Balaban J connectivity index is 1.86. The maximum atomic E-state index is 11.7. The number of aliphatic carboxylic acids is 1. The van der Waals surface area contributed by atoms with Crippen molar-refractivity contribution in [2.24, 2.45) is 5.92 Å². The zero-order chi connectivity index (χ0) is 15.7. The van der Waals surface area contributed by atoms with E-state index in [4.69, 9.17) is 4.74 Å². The summed E-state index contributed by atoms with van der Waals surface area (Å²) in [6.45, 7) is 0.663. The number of nitrogens with zero attached hydrogens (tertiary/aromatic N) is 1. The maximum Gasteiger partial charge on any atom is 0.320 e. The zero-order valence-electron chi connectivity index (χ0n) is 12.8. The molecule has 4 nitrogen and oxygen atoms in total. The van der Waals surface area contributed by atoms with E-state index in [-0.39, 0.29) is 6.04 Å². The van der Waals surface area contributed by atoms with Crippen LogP contribution in [0.1, 0.15) is 37.7 Å². The topological polar surface area (TPSA) is 49.8 Å². The number of methoxy groups -OCH3 is 1. The van der Waals surface area contributed by atoms with Crippen molar-refractivity contribution in [3.05, 3.63) is 28.2 Å². The second kappa shape index (κ2) is 6.59. The van der Waals surface area contributed by atoms with Gasteiger partial charge < -0.3 is 9.84 Å². The molecule has 3 rings (SSSR count). The third-order valence-electron chi connectivity index (χ3n) is 5.11. The molecular formula is C17H22BrNO3. The number of likely N-dealkylation sites (tertiary alicyclic amines) is 1. The molecular weight excluding hydrogens is 346 g/mol. The fourth-order valence-electron chi connectivity index (χ4n) is 4.02. The molecule has 0 radical (unpaired) electrons. The highest BCUT2D eigenvalue weighted by Crippen LogP contribution is 2.41. The molecule has 1 aromatic carbocycles. The van der Waals surface area contributed by atoms with Gasteiger partial charge in [0.2, 0.25) is 0 Å². The van der Waals surface area contributed by atoms with E-state index in [1.807, 2.05) is 18.2 Å². The number of hydrogen-bond acceptors (Lipinski definition) is 3. The van der Waals surface area contributed by atoms with Crippen molar-refractivity contribution in [2.45, 2.75) is 50.7 Å². The largest absolute Gasteiger partial charge is 0.497 e. The molecule has 1 aliphatic heterocycles. The second-order valence-electron chi connectivity index (χ2n) is 6.33. The predicted octanol–water partition coefficient (Wildman–Crippen LogP) is 3.68. The van der Waals surface area contributed by atoms with Crippen LogP contribution in [0, 0.1) is 5.92 Å². The highest BCUT2D eigenvalue weighted by atomic mass is 79.9. The quantitative estimate of drug-likeness (QED) is 0.881. The number of halogens is 1. The number of benzene rings is 1. The first kappa shape index (κ1) is 15.8. The zero-order valence-corrected chi connectivity index (χ0v) is 14.4. The first-order valence-electron chi connectivity index (χ1n) is 7.91. The highest BCUT2D eigenvalue weighted by Gasteiger charge is 2.45. The Labute approximate surface area is 139 Å². The van der Waals surface area contributed by atoms with Crippen LogP contribution in [0.15, 0.2) is 22.7 Å². The second-order valence-corrected chi connectivity index (χ2v) is 7.19. The van der Waals surface area contributed by atoms with Crippen molar-refractivity contribution in [1.82, 2.24) is 4.90 Å². The molecule has 0 bridgehead atoms. The molecule has 1 saturated carbocycles. The minimum absolute atomic E-state index is 0.355. The van der Waals surface area contributed by atoms with Gasteiger partial charge in [-0.05, 0) is 48.9 Å². The number of carboxylic acids is 1. The molecule has 3 atom stereocenters. The summed E-state index contributed by atoms with van der Waals surface area (Å²) in [5, 5.41) is 9.60. The number of ether oxygens (including phenoxy) is 1. The molecule has 22 heavy (non-hydrogen) atoms. The van der Waals surface area contributed by atoms with E-state index in [1.54, 1.807) is 7.11 Å². The lowest BCUT2D eigenvalue weighted by molar-refractivity contribution is -0.142. The first-order valence-corrected chi connectivity index (χ1v) is 8.70. The van der Waals surface area contributed by atoms with Crippen LogP contribution in [0.3, 0.4) is 0 Å². The van der Waals surface area contributed by atoms with E-state index >= 15 is 0 Å². The van der Waals surface area contributed by atoms with Crippen LogP contribution in [-0.2, 0) is 11.3 Å². The van der Waals surface area contributed by atoms with Crippen LogP contribution in [0.4, 0.5) is 0 Å². The maximum absolute atomic E-state index is 11.7. The molecule has 0 amide bonds. The van der Waals surface area contributed by atoms with E-state index in [0.717, 1.165) is 28.6 Å². The van der Waals surface area contributed by atoms with Crippen LogP contribution in [0.25, 0.3) is 0 Å². The predicted molar refractivity (Wildman–Crippen MR) is 88.0 cm³/mol. The summed E-state index contributed by atoms with van der Waals surface area (Å²) in [4.78, 5) is 13.9. The van der Waals surface area contributed by atoms with Gasteiger partial charge in [-0.3, -0.25) is 9.69 Å².